The van der Waals surface area contributed by atoms with E-state index in [2.05, 4.69) is 18.3 Å². The third-order valence-corrected chi connectivity index (χ3v) is 7.24. The Morgan fingerprint density at radius 1 is 1.11 bits per heavy atom. The van der Waals surface area contributed by atoms with E-state index >= 15 is 0 Å². The second-order valence-electron chi connectivity index (χ2n) is 8.09. The van der Waals surface area contributed by atoms with Crippen LogP contribution in [0.1, 0.15) is 75.1 Å². The monoisotopic (exact) mass is 396 g/mol. The van der Waals surface area contributed by atoms with Crippen molar-refractivity contribution in [3.05, 3.63) is 50.7 Å². The van der Waals surface area contributed by atoms with Gasteiger partial charge in [-0.2, -0.15) is 0 Å². The highest BCUT2D eigenvalue weighted by atomic mass is 32.1. The molecule has 2 aliphatic rings. The molecule has 0 spiro atoms. The number of thiophene rings is 1. The minimum absolute atomic E-state index is 0.0498. The van der Waals surface area contributed by atoms with Crippen molar-refractivity contribution >= 4 is 28.8 Å². The highest BCUT2D eigenvalue weighted by molar-refractivity contribution is 7.14. The highest BCUT2D eigenvalue weighted by Gasteiger charge is 2.24. The molecule has 0 bridgehead atoms. The van der Waals surface area contributed by atoms with E-state index in [0.29, 0.717) is 11.6 Å². The smallest absolute Gasteiger partial charge is 0.265 e. The minimum atomic E-state index is -0.0498. The summed E-state index contributed by atoms with van der Waals surface area (Å²) in [5, 5.41) is 3.04. The van der Waals surface area contributed by atoms with Crippen LogP contribution in [0.2, 0.25) is 0 Å². The molecule has 1 fully saturated rings. The number of piperidine rings is 1. The van der Waals surface area contributed by atoms with E-state index in [4.69, 9.17) is 0 Å². The van der Waals surface area contributed by atoms with Crippen LogP contribution in [0, 0.1) is 6.92 Å². The lowest BCUT2D eigenvalue weighted by Gasteiger charge is -2.33. The van der Waals surface area contributed by atoms with Gasteiger partial charge < -0.3 is 10.2 Å². The zero-order chi connectivity index (χ0) is 19.7. The lowest BCUT2D eigenvalue weighted by atomic mass is 9.99. The van der Waals surface area contributed by atoms with Crippen molar-refractivity contribution in [1.29, 1.82) is 0 Å². The molecular formula is C23H28N2O2S. The van der Waals surface area contributed by atoms with Gasteiger partial charge in [-0.1, -0.05) is 0 Å². The van der Waals surface area contributed by atoms with Gasteiger partial charge in [0.15, 0.2) is 0 Å². The molecule has 1 aromatic heterocycles. The number of rotatable bonds is 3. The predicted octanol–water partition coefficient (Wildman–Crippen LogP) is 5.20. The molecule has 0 radical (unpaired) electrons. The Morgan fingerprint density at radius 2 is 1.93 bits per heavy atom. The fourth-order valence-electron chi connectivity index (χ4n) is 4.29. The molecule has 2 heterocycles. The Labute approximate surface area is 170 Å². The molecule has 1 N–H and O–H groups in total. The van der Waals surface area contributed by atoms with Crippen molar-refractivity contribution in [3.63, 3.8) is 0 Å². The maximum atomic E-state index is 12.9. The summed E-state index contributed by atoms with van der Waals surface area (Å²) in [7, 11) is 0. The molecule has 1 aliphatic carbocycles. The number of nitrogens with one attached hydrogen (secondary N) is 1. The van der Waals surface area contributed by atoms with Crippen LogP contribution in [-0.4, -0.2) is 29.3 Å². The zero-order valence-corrected chi connectivity index (χ0v) is 17.5. The second kappa shape index (κ2) is 8.08. The van der Waals surface area contributed by atoms with Gasteiger partial charge in [0.25, 0.3) is 11.8 Å². The molecule has 4 nitrogen and oxygen atoms in total. The van der Waals surface area contributed by atoms with E-state index in [-0.39, 0.29) is 11.8 Å². The first-order valence-corrected chi connectivity index (χ1v) is 11.2. The van der Waals surface area contributed by atoms with E-state index in [1.807, 2.05) is 30.0 Å². The van der Waals surface area contributed by atoms with Crippen LogP contribution in [0.5, 0.6) is 0 Å². The van der Waals surface area contributed by atoms with Gasteiger partial charge in [0, 0.05) is 28.7 Å². The summed E-state index contributed by atoms with van der Waals surface area (Å²) in [5.74, 6) is 0.0466. The van der Waals surface area contributed by atoms with E-state index < -0.39 is 0 Å². The van der Waals surface area contributed by atoms with E-state index in [1.54, 1.807) is 11.3 Å². The molecule has 5 heteroatoms. The Hall–Kier alpha value is -2.14. The van der Waals surface area contributed by atoms with Crippen molar-refractivity contribution in [1.82, 2.24) is 4.90 Å². The van der Waals surface area contributed by atoms with Crippen LogP contribution >= 0.6 is 11.3 Å². The molecule has 148 valence electrons. The topological polar surface area (TPSA) is 49.4 Å². The largest absolute Gasteiger partial charge is 0.336 e. The van der Waals surface area contributed by atoms with Gasteiger partial charge in [-0.25, -0.2) is 0 Å². The van der Waals surface area contributed by atoms with Gasteiger partial charge >= 0.3 is 0 Å². The maximum Gasteiger partial charge on any atom is 0.265 e. The van der Waals surface area contributed by atoms with Crippen molar-refractivity contribution in [2.75, 3.05) is 11.9 Å². The standard InChI is InChI=1S/C23H28N2O2S/c1-15-13-18(23(27)25-12-6-5-7-16(25)2)10-11-19(15)24-22(26)21-14-17-8-3-4-9-20(17)28-21/h10-11,13-14,16H,3-9,12H2,1-2H3,(H,24,26). The molecule has 1 aliphatic heterocycles. The molecule has 1 atom stereocenters. The number of carbonyl (C=O) groups excluding carboxylic acids is 2. The summed E-state index contributed by atoms with van der Waals surface area (Å²) in [6.07, 6.45) is 7.97. The molecule has 2 amide bonds. The van der Waals surface area contributed by atoms with Crippen LogP contribution in [0.25, 0.3) is 0 Å². The molecule has 28 heavy (non-hydrogen) atoms. The summed E-state index contributed by atoms with van der Waals surface area (Å²) < 4.78 is 0. The minimum Gasteiger partial charge on any atom is -0.336 e. The molecule has 1 saturated heterocycles. The third-order valence-electron chi connectivity index (χ3n) is 6.01. The van der Waals surface area contributed by atoms with Gasteiger partial charge in [0.2, 0.25) is 0 Å². The summed E-state index contributed by atoms with van der Waals surface area (Å²) in [6, 6.07) is 7.96. The molecule has 1 unspecified atom stereocenters. The van der Waals surface area contributed by atoms with Crippen LogP contribution in [0.15, 0.2) is 24.3 Å². The van der Waals surface area contributed by atoms with Crippen molar-refractivity contribution in [2.45, 2.75) is 64.8 Å². The quantitative estimate of drug-likeness (QED) is 0.775. The fourth-order valence-corrected chi connectivity index (χ4v) is 5.44. The normalized spacial score (nSPS) is 19.2. The maximum absolute atomic E-state index is 12.9. The average Bonchev–Trinajstić information content (AvgIpc) is 3.14. The van der Waals surface area contributed by atoms with E-state index in [0.717, 1.165) is 48.4 Å². The van der Waals surface area contributed by atoms with Crippen LogP contribution in [0.3, 0.4) is 0 Å². The Bertz CT molecular complexity index is 879. The number of benzene rings is 1. The first-order valence-electron chi connectivity index (χ1n) is 10.4. The Morgan fingerprint density at radius 3 is 2.68 bits per heavy atom. The lowest BCUT2D eigenvalue weighted by Crippen LogP contribution is -2.42. The van der Waals surface area contributed by atoms with Crippen LogP contribution in [0.4, 0.5) is 5.69 Å². The van der Waals surface area contributed by atoms with Crippen molar-refractivity contribution < 1.29 is 9.59 Å². The number of carbonyl (C=O) groups is 2. The van der Waals surface area contributed by atoms with Crippen LogP contribution < -0.4 is 5.32 Å². The first-order chi connectivity index (χ1) is 13.5. The number of nitrogens with zero attached hydrogens (tertiary/aromatic N) is 1. The van der Waals surface area contributed by atoms with Gasteiger partial charge in [0.1, 0.15) is 0 Å². The summed E-state index contributed by atoms with van der Waals surface area (Å²) in [6.45, 7) is 4.91. The molecule has 1 aromatic carbocycles. The number of hydrogen-bond donors (Lipinski definition) is 1. The van der Waals surface area contributed by atoms with Gasteiger partial charge in [0.05, 0.1) is 4.88 Å². The number of hydrogen-bond acceptors (Lipinski definition) is 3. The van der Waals surface area contributed by atoms with Crippen molar-refractivity contribution in [2.24, 2.45) is 0 Å². The van der Waals surface area contributed by atoms with Crippen molar-refractivity contribution in [3.8, 4) is 0 Å². The molecular weight excluding hydrogens is 368 g/mol. The predicted molar refractivity (Wildman–Crippen MR) is 114 cm³/mol. The average molecular weight is 397 g/mol. The van der Waals surface area contributed by atoms with Gasteiger partial charge in [-0.3, -0.25) is 9.59 Å². The van der Waals surface area contributed by atoms with E-state index in [1.165, 1.54) is 29.7 Å². The number of fused-ring (bicyclic) bond motifs is 1. The lowest BCUT2D eigenvalue weighted by molar-refractivity contribution is 0.0635. The Kier molecular flexibility index (Phi) is 5.54. The van der Waals surface area contributed by atoms with Gasteiger partial charge in [-0.05, 0) is 94.2 Å². The zero-order valence-electron chi connectivity index (χ0n) is 16.7. The molecule has 0 saturated carbocycles. The fraction of sp³-hybridized carbons (Fsp3) is 0.478. The third kappa shape index (κ3) is 3.86. The first kappa shape index (κ1) is 19.2. The molecule has 4 rings (SSSR count). The highest BCUT2D eigenvalue weighted by Crippen LogP contribution is 2.30. The number of anilines is 1. The van der Waals surface area contributed by atoms with Gasteiger partial charge in [-0.15, -0.1) is 11.3 Å². The summed E-state index contributed by atoms with van der Waals surface area (Å²) in [5.41, 5.74) is 3.75. The number of amides is 2. The second-order valence-corrected chi connectivity index (χ2v) is 9.23. The SMILES string of the molecule is Cc1cc(C(=O)N2CCCCC2C)ccc1NC(=O)c1cc2c(s1)CCCC2. The Balaban J connectivity index is 1.47. The summed E-state index contributed by atoms with van der Waals surface area (Å²) >= 11 is 1.62. The summed E-state index contributed by atoms with van der Waals surface area (Å²) in [4.78, 5) is 29.7. The number of likely N-dealkylation sites (tertiary alicyclic amines) is 1. The number of aryl methyl sites for hydroxylation is 3. The van der Waals surface area contributed by atoms with E-state index in [9.17, 15) is 9.59 Å². The van der Waals surface area contributed by atoms with Crippen LogP contribution in [-0.2, 0) is 12.8 Å². The molecule has 2 aromatic rings.